The SMILES string of the molecule is Cc1cccc(-c2nc(-c3ccc(-c4ccccc4)cc3)cs2)n1. The summed E-state index contributed by atoms with van der Waals surface area (Å²) in [5.74, 6) is 0. The number of hydrogen-bond acceptors (Lipinski definition) is 3. The van der Waals surface area contributed by atoms with Gasteiger partial charge in [0, 0.05) is 16.6 Å². The van der Waals surface area contributed by atoms with Crippen LogP contribution in [0.3, 0.4) is 0 Å². The van der Waals surface area contributed by atoms with Gasteiger partial charge in [-0.05, 0) is 30.2 Å². The Morgan fingerprint density at radius 2 is 1.33 bits per heavy atom. The molecule has 0 bridgehead atoms. The van der Waals surface area contributed by atoms with E-state index in [9.17, 15) is 0 Å². The fourth-order valence-corrected chi connectivity index (χ4v) is 3.45. The molecular formula is C21H16N2S. The van der Waals surface area contributed by atoms with Crippen molar-refractivity contribution in [3.05, 3.63) is 83.9 Å². The molecule has 0 aliphatic rings. The molecule has 0 amide bonds. The lowest BCUT2D eigenvalue weighted by atomic mass is 10.0. The smallest absolute Gasteiger partial charge is 0.142 e. The van der Waals surface area contributed by atoms with Crippen LogP contribution in [0, 0.1) is 6.92 Å². The summed E-state index contributed by atoms with van der Waals surface area (Å²) >= 11 is 1.63. The Bertz CT molecular complexity index is 957. The van der Waals surface area contributed by atoms with E-state index in [1.54, 1.807) is 11.3 Å². The average Bonchev–Trinajstić information content (AvgIpc) is 3.13. The maximum absolute atomic E-state index is 4.75. The van der Waals surface area contributed by atoms with Gasteiger partial charge in [0.2, 0.25) is 0 Å². The van der Waals surface area contributed by atoms with Crippen LogP contribution in [0.25, 0.3) is 33.1 Å². The lowest BCUT2D eigenvalue weighted by Gasteiger charge is -2.03. The van der Waals surface area contributed by atoms with E-state index in [1.807, 2.05) is 31.2 Å². The van der Waals surface area contributed by atoms with E-state index in [1.165, 1.54) is 11.1 Å². The highest BCUT2D eigenvalue weighted by Gasteiger charge is 2.08. The van der Waals surface area contributed by atoms with Crippen molar-refractivity contribution in [2.24, 2.45) is 0 Å². The van der Waals surface area contributed by atoms with Gasteiger partial charge < -0.3 is 0 Å². The predicted molar refractivity (Wildman–Crippen MR) is 101 cm³/mol. The van der Waals surface area contributed by atoms with Gasteiger partial charge in [-0.15, -0.1) is 11.3 Å². The molecule has 2 aromatic heterocycles. The normalized spacial score (nSPS) is 10.7. The van der Waals surface area contributed by atoms with Crippen LogP contribution in [-0.2, 0) is 0 Å². The average molecular weight is 328 g/mol. The first kappa shape index (κ1) is 14.8. The molecule has 4 aromatic rings. The fourth-order valence-electron chi connectivity index (χ4n) is 2.65. The van der Waals surface area contributed by atoms with Crippen LogP contribution in [-0.4, -0.2) is 9.97 Å². The zero-order valence-electron chi connectivity index (χ0n) is 13.3. The molecule has 0 saturated heterocycles. The number of pyridine rings is 1. The summed E-state index contributed by atoms with van der Waals surface area (Å²) in [6.45, 7) is 2.00. The fraction of sp³-hybridized carbons (Fsp3) is 0.0476. The van der Waals surface area contributed by atoms with Gasteiger partial charge in [-0.3, -0.25) is 4.98 Å². The van der Waals surface area contributed by atoms with Gasteiger partial charge in [0.05, 0.1) is 11.4 Å². The second-order valence-corrected chi connectivity index (χ2v) is 6.50. The summed E-state index contributed by atoms with van der Waals surface area (Å²) in [7, 11) is 0. The van der Waals surface area contributed by atoms with Crippen molar-refractivity contribution in [3.8, 4) is 33.1 Å². The summed E-state index contributed by atoms with van der Waals surface area (Å²) in [6.07, 6.45) is 0. The molecule has 0 fully saturated rings. The largest absolute Gasteiger partial charge is 0.251 e. The number of hydrogen-bond donors (Lipinski definition) is 0. The van der Waals surface area contributed by atoms with E-state index in [4.69, 9.17) is 4.98 Å². The maximum Gasteiger partial charge on any atom is 0.142 e. The number of benzene rings is 2. The summed E-state index contributed by atoms with van der Waals surface area (Å²) in [5, 5.41) is 3.05. The highest BCUT2D eigenvalue weighted by atomic mass is 32.1. The molecule has 0 saturated carbocycles. The van der Waals surface area contributed by atoms with E-state index in [0.717, 1.165) is 27.7 Å². The third kappa shape index (κ3) is 2.99. The lowest BCUT2D eigenvalue weighted by molar-refractivity contribution is 1.19. The Labute approximate surface area is 145 Å². The van der Waals surface area contributed by atoms with Crippen LogP contribution in [0.1, 0.15) is 5.69 Å². The molecule has 0 aliphatic heterocycles. The molecule has 2 aromatic carbocycles. The zero-order valence-corrected chi connectivity index (χ0v) is 14.1. The molecular weight excluding hydrogens is 312 g/mol. The number of aryl methyl sites for hydroxylation is 1. The van der Waals surface area contributed by atoms with Crippen molar-refractivity contribution in [3.63, 3.8) is 0 Å². The Morgan fingerprint density at radius 1 is 0.625 bits per heavy atom. The van der Waals surface area contributed by atoms with Crippen LogP contribution in [0.4, 0.5) is 0 Å². The highest BCUT2D eigenvalue weighted by molar-refractivity contribution is 7.13. The third-order valence-electron chi connectivity index (χ3n) is 3.90. The van der Waals surface area contributed by atoms with Crippen molar-refractivity contribution in [2.75, 3.05) is 0 Å². The first-order chi connectivity index (χ1) is 11.8. The first-order valence-electron chi connectivity index (χ1n) is 7.85. The van der Waals surface area contributed by atoms with Crippen LogP contribution in [0.15, 0.2) is 78.2 Å². The van der Waals surface area contributed by atoms with Crippen molar-refractivity contribution in [1.29, 1.82) is 0 Å². The molecule has 4 rings (SSSR count). The molecule has 0 radical (unpaired) electrons. The lowest BCUT2D eigenvalue weighted by Crippen LogP contribution is -1.86. The topological polar surface area (TPSA) is 25.8 Å². The minimum absolute atomic E-state index is 0.937. The maximum atomic E-state index is 4.75. The summed E-state index contributed by atoms with van der Waals surface area (Å²) in [5.41, 5.74) is 6.52. The van der Waals surface area contributed by atoms with Crippen molar-refractivity contribution in [2.45, 2.75) is 6.92 Å². The Morgan fingerprint density at radius 3 is 2.08 bits per heavy atom. The Hall–Kier alpha value is -2.78. The molecule has 116 valence electrons. The van der Waals surface area contributed by atoms with Gasteiger partial charge in [0.25, 0.3) is 0 Å². The molecule has 2 heterocycles. The molecule has 0 unspecified atom stereocenters. The number of thiazole rings is 1. The van der Waals surface area contributed by atoms with Crippen LogP contribution in [0.5, 0.6) is 0 Å². The van der Waals surface area contributed by atoms with Crippen molar-refractivity contribution >= 4 is 11.3 Å². The van der Waals surface area contributed by atoms with Gasteiger partial charge in [0.15, 0.2) is 0 Å². The molecule has 3 heteroatoms. The monoisotopic (exact) mass is 328 g/mol. The molecule has 2 nitrogen and oxygen atoms in total. The van der Waals surface area contributed by atoms with E-state index >= 15 is 0 Å². The van der Waals surface area contributed by atoms with E-state index < -0.39 is 0 Å². The highest BCUT2D eigenvalue weighted by Crippen LogP contribution is 2.29. The summed E-state index contributed by atoms with van der Waals surface area (Å²) in [4.78, 5) is 9.30. The number of rotatable bonds is 3. The van der Waals surface area contributed by atoms with Crippen LogP contribution >= 0.6 is 11.3 Å². The number of aromatic nitrogens is 2. The van der Waals surface area contributed by atoms with Gasteiger partial charge in [-0.1, -0.05) is 60.7 Å². The van der Waals surface area contributed by atoms with Crippen molar-refractivity contribution < 1.29 is 0 Å². The quantitative estimate of drug-likeness (QED) is 0.471. The van der Waals surface area contributed by atoms with Gasteiger partial charge in [-0.25, -0.2) is 4.98 Å². The Balaban J connectivity index is 1.63. The first-order valence-corrected chi connectivity index (χ1v) is 8.73. The molecule has 24 heavy (non-hydrogen) atoms. The summed E-state index contributed by atoms with van der Waals surface area (Å²) in [6, 6.07) is 25.0. The van der Waals surface area contributed by atoms with Crippen molar-refractivity contribution in [1.82, 2.24) is 9.97 Å². The number of nitrogens with zero attached hydrogens (tertiary/aromatic N) is 2. The van der Waals surface area contributed by atoms with Gasteiger partial charge >= 0.3 is 0 Å². The summed E-state index contributed by atoms with van der Waals surface area (Å²) < 4.78 is 0. The Kier molecular flexibility index (Phi) is 3.93. The second-order valence-electron chi connectivity index (χ2n) is 5.65. The van der Waals surface area contributed by atoms with E-state index in [0.29, 0.717) is 0 Å². The van der Waals surface area contributed by atoms with Crippen LogP contribution < -0.4 is 0 Å². The molecule has 0 spiro atoms. The third-order valence-corrected chi connectivity index (χ3v) is 4.76. The standard InChI is InChI=1S/C21H16N2S/c1-15-6-5-9-19(22-15)21-23-20(14-24-21)18-12-10-17(11-13-18)16-7-3-2-4-8-16/h2-14H,1H3. The minimum atomic E-state index is 0.937. The molecule has 0 N–H and O–H groups in total. The predicted octanol–water partition coefficient (Wildman–Crippen LogP) is 5.85. The minimum Gasteiger partial charge on any atom is -0.251 e. The van der Waals surface area contributed by atoms with Gasteiger partial charge in [0.1, 0.15) is 5.01 Å². The second kappa shape index (κ2) is 6.38. The zero-order chi connectivity index (χ0) is 16.4. The van der Waals surface area contributed by atoms with Crippen LogP contribution in [0.2, 0.25) is 0 Å². The van der Waals surface area contributed by atoms with E-state index in [2.05, 4.69) is 58.9 Å². The van der Waals surface area contributed by atoms with E-state index in [-0.39, 0.29) is 0 Å². The molecule has 0 atom stereocenters. The molecule has 0 aliphatic carbocycles. The van der Waals surface area contributed by atoms with Gasteiger partial charge in [-0.2, -0.15) is 0 Å².